The van der Waals surface area contributed by atoms with Crippen LogP contribution in [0.1, 0.15) is 11.1 Å². The van der Waals surface area contributed by atoms with Crippen LogP contribution < -0.4 is 9.47 Å². The van der Waals surface area contributed by atoms with Crippen molar-refractivity contribution in [3.05, 3.63) is 59.4 Å². The van der Waals surface area contributed by atoms with E-state index >= 15 is 0 Å². The number of ether oxygens (including phenoxy) is 2. The SMILES string of the molecule is COc1ccc(/C(=C/c2cccc(F)c2)C(=O)O)c(OC)c1. The molecule has 0 unspecified atom stereocenters. The minimum Gasteiger partial charge on any atom is -0.497 e. The lowest BCUT2D eigenvalue weighted by molar-refractivity contribution is -0.130. The van der Waals surface area contributed by atoms with Crippen molar-refractivity contribution in [1.82, 2.24) is 0 Å². The van der Waals surface area contributed by atoms with Gasteiger partial charge in [-0.25, -0.2) is 9.18 Å². The van der Waals surface area contributed by atoms with E-state index in [1.54, 1.807) is 24.3 Å². The third-order valence-electron chi connectivity index (χ3n) is 3.09. The van der Waals surface area contributed by atoms with E-state index in [1.807, 2.05) is 0 Å². The average molecular weight is 302 g/mol. The van der Waals surface area contributed by atoms with Gasteiger partial charge in [0, 0.05) is 11.6 Å². The predicted molar refractivity (Wildman–Crippen MR) is 81.5 cm³/mol. The first-order chi connectivity index (χ1) is 10.5. The molecule has 0 aromatic heterocycles. The molecule has 1 N–H and O–H groups in total. The summed E-state index contributed by atoms with van der Waals surface area (Å²) in [6.07, 6.45) is 1.40. The Labute approximate surface area is 127 Å². The Balaban J connectivity index is 2.55. The molecule has 114 valence electrons. The van der Waals surface area contributed by atoms with Crippen molar-refractivity contribution in [2.45, 2.75) is 0 Å². The van der Waals surface area contributed by atoms with Crippen LogP contribution in [0, 0.1) is 5.82 Å². The van der Waals surface area contributed by atoms with Gasteiger partial charge in [0.15, 0.2) is 0 Å². The van der Waals surface area contributed by atoms with Crippen LogP contribution in [0.3, 0.4) is 0 Å². The summed E-state index contributed by atoms with van der Waals surface area (Å²) >= 11 is 0. The van der Waals surface area contributed by atoms with E-state index in [9.17, 15) is 14.3 Å². The number of carboxylic acid groups (broad SMARTS) is 1. The van der Waals surface area contributed by atoms with Crippen LogP contribution in [-0.4, -0.2) is 25.3 Å². The lowest BCUT2D eigenvalue weighted by Crippen LogP contribution is -2.02. The molecule has 0 heterocycles. The summed E-state index contributed by atoms with van der Waals surface area (Å²) in [4.78, 5) is 11.6. The number of carboxylic acids is 1. The summed E-state index contributed by atoms with van der Waals surface area (Å²) in [5.74, 6) is -0.645. The second-order valence-electron chi connectivity index (χ2n) is 4.48. The summed E-state index contributed by atoms with van der Waals surface area (Å²) < 4.78 is 23.6. The van der Waals surface area contributed by atoms with Gasteiger partial charge in [0.1, 0.15) is 17.3 Å². The fourth-order valence-corrected chi connectivity index (χ4v) is 2.04. The Morgan fingerprint density at radius 3 is 2.50 bits per heavy atom. The molecule has 2 aromatic rings. The average Bonchev–Trinajstić information content (AvgIpc) is 2.52. The molecule has 0 atom stereocenters. The third kappa shape index (κ3) is 3.44. The van der Waals surface area contributed by atoms with Crippen molar-refractivity contribution in [3.8, 4) is 11.5 Å². The number of carbonyl (C=O) groups is 1. The maximum absolute atomic E-state index is 13.2. The quantitative estimate of drug-likeness (QED) is 0.679. The van der Waals surface area contributed by atoms with Gasteiger partial charge >= 0.3 is 5.97 Å². The minimum atomic E-state index is -1.13. The normalized spacial score (nSPS) is 11.1. The molecule has 4 nitrogen and oxygen atoms in total. The van der Waals surface area contributed by atoms with E-state index in [1.165, 1.54) is 38.5 Å². The van der Waals surface area contributed by atoms with Crippen LogP contribution in [0.4, 0.5) is 4.39 Å². The topological polar surface area (TPSA) is 55.8 Å². The summed E-state index contributed by atoms with van der Waals surface area (Å²) in [6.45, 7) is 0. The highest BCUT2D eigenvalue weighted by Gasteiger charge is 2.16. The Kier molecular flexibility index (Phi) is 4.78. The van der Waals surface area contributed by atoms with Gasteiger partial charge in [0.25, 0.3) is 0 Å². The molecule has 0 saturated carbocycles. The number of rotatable bonds is 5. The standard InChI is InChI=1S/C17H15FO4/c1-21-13-6-7-14(16(10-13)22-2)15(17(19)20)9-11-4-3-5-12(18)8-11/h3-10H,1-2H3,(H,19,20)/b15-9-. The molecule has 0 bridgehead atoms. The van der Waals surface area contributed by atoms with E-state index in [-0.39, 0.29) is 5.57 Å². The molecule has 2 aromatic carbocycles. The Morgan fingerprint density at radius 2 is 1.91 bits per heavy atom. The molecule has 0 radical (unpaired) electrons. The molecule has 0 aliphatic carbocycles. The summed E-state index contributed by atoms with van der Waals surface area (Å²) in [5, 5.41) is 9.45. The first-order valence-corrected chi connectivity index (χ1v) is 6.48. The van der Waals surface area contributed by atoms with Gasteiger partial charge in [0.2, 0.25) is 0 Å². The molecule has 0 saturated heterocycles. The first kappa shape index (κ1) is 15.6. The van der Waals surface area contributed by atoms with E-state index in [0.29, 0.717) is 22.6 Å². The van der Waals surface area contributed by atoms with Gasteiger partial charge in [-0.05, 0) is 35.9 Å². The maximum atomic E-state index is 13.2. The molecule has 0 amide bonds. The zero-order valence-electron chi connectivity index (χ0n) is 12.2. The highest BCUT2D eigenvalue weighted by molar-refractivity contribution is 6.21. The van der Waals surface area contributed by atoms with Crippen molar-refractivity contribution in [1.29, 1.82) is 0 Å². The monoisotopic (exact) mass is 302 g/mol. The van der Waals surface area contributed by atoms with Gasteiger partial charge in [-0.3, -0.25) is 0 Å². The van der Waals surface area contributed by atoms with Gasteiger partial charge in [-0.15, -0.1) is 0 Å². The number of hydrogen-bond acceptors (Lipinski definition) is 3. The highest BCUT2D eigenvalue weighted by atomic mass is 19.1. The second-order valence-corrected chi connectivity index (χ2v) is 4.48. The number of aliphatic carboxylic acids is 1. The number of halogens is 1. The van der Waals surface area contributed by atoms with E-state index in [2.05, 4.69) is 0 Å². The van der Waals surface area contributed by atoms with Crippen LogP contribution in [0.5, 0.6) is 11.5 Å². The van der Waals surface area contributed by atoms with Crippen LogP contribution in [-0.2, 0) is 4.79 Å². The van der Waals surface area contributed by atoms with Crippen molar-refractivity contribution in [2.75, 3.05) is 14.2 Å². The Morgan fingerprint density at radius 1 is 1.14 bits per heavy atom. The predicted octanol–water partition coefficient (Wildman–Crippen LogP) is 3.47. The van der Waals surface area contributed by atoms with Crippen molar-refractivity contribution >= 4 is 17.6 Å². The molecule has 22 heavy (non-hydrogen) atoms. The third-order valence-corrected chi connectivity index (χ3v) is 3.09. The molecule has 0 aliphatic rings. The van der Waals surface area contributed by atoms with E-state index in [4.69, 9.17) is 9.47 Å². The molecule has 0 fully saturated rings. The summed E-state index contributed by atoms with van der Waals surface area (Å²) in [5.41, 5.74) is 0.848. The lowest BCUT2D eigenvalue weighted by atomic mass is 10.0. The van der Waals surface area contributed by atoms with Crippen LogP contribution in [0.15, 0.2) is 42.5 Å². The fourth-order valence-electron chi connectivity index (χ4n) is 2.04. The van der Waals surface area contributed by atoms with Gasteiger partial charge in [0.05, 0.1) is 19.8 Å². The van der Waals surface area contributed by atoms with Crippen LogP contribution in [0.25, 0.3) is 11.6 Å². The van der Waals surface area contributed by atoms with Gasteiger partial charge in [-0.1, -0.05) is 12.1 Å². The first-order valence-electron chi connectivity index (χ1n) is 6.48. The van der Waals surface area contributed by atoms with Gasteiger partial charge < -0.3 is 14.6 Å². The highest BCUT2D eigenvalue weighted by Crippen LogP contribution is 2.31. The Hall–Kier alpha value is -2.82. The Bertz CT molecular complexity index is 722. The molecule has 0 aliphatic heterocycles. The molecular weight excluding hydrogens is 287 g/mol. The van der Waals surface area contributed by atoms with Crippen molar-refractivity contribution in [3.63, 3.8) is 0 Å². The molecule has 2 rings (SSSR count). The maximum Gasteiger partial charge on any atom is 0.336 e. The number of hydrogen-bond donors (Lipinski definition) is 1. The molecule has 5 heteroatoms. The number of methoxy groups -OCH3 is 2. The van der Waals surface area contributed by atoms with E-state index in [0.717, 1.165) is 0 Å². The number of benzene rings is 2. The lowest BCUT2D eigenvalue weighted by Gasteiger charge is -2.11. The largest absolute Gasteiger partial charge is 0.497 e. The van der Waals surface area contributed by atoms with Crippen LogP contribution >= 0.6 is 0 Å². The summed E-state index contributed by atoms with van der Waals surface area (Å²) in [7, 11) is 2.95. The van der Waals surface area contributed by atoms with Crippen molar-refractivity contribution < 1.29 is 23.8 Å². The van der Waals surface area contributed by atoms with Crippen LogP contribution in [0.2, 0.25) is 0 Å². The zero-order chi connectivity index (χ0) is 16.1. The second kappa shape index (κ2) is 6.76. The van der Waals surface area contributed by atoms with Gasteiger partial charge in [-0.2, -0.15) is 0 Å². The van der Waals surface area contributed by atoms with E-state index < -0.39 is 11.8 Å². The fraction of sp³-hybridized carbons (Fsp3) is 0.118. The molecule has 0 spiro atoms. The summed E-state index contributed by atoms with van der Waals surface area (Å²) in [6, 6.07) is 10.5. The molecular formula is C17H15FO4. The van der Waals surface area contributed by atoms with Crippen molar-refractivity contribution in [2.24, 2.45) is 0 Å². The zero-order valence-corrected chi connectivity index (χ0v) is 12.2. The minimum absolute atomic E-state index is 0.00473. The smallest absolute Gasteiger partial charge is 0.336 e.